The summed E-state index contributed by atoms with van der Waals surface area (Å²) in [7, 11) is 0. The van der Waals surface area contributed by atoms with Gasteiger partial charge in [0.15, 0.2) is 0 Å². The number of ether oxygens (including phenoxy) is 2. The quantitative estimate of drug-likeness (QED) is 0.447. The zero-order valence-electron chi connectivity index (χ0n) is 13.0. The van der Waals surface area contributed by atoms with Crippen molar-refractivity contribution in [3.05, 3.63) is 15.9 Å². The first-order chi connectivity index (χ1) is 10.6. The molecule has 8 heteroatoms. The maximum atomic E-state index is 11.4. The molecular weight excluding hydrogens is 288 g/mol. The van der Waals surface area contributed by atoms with Crippen LogP contribution in [0.5, 0.6) is 5.88 Å². The predicted octanol–water partition coefficient (Wildman–Crippen LogP) is 2.46. The summed E-state index contributed by atoms with van der Waals surface area (Å²) in [6.45, 7) is 5.35. The average molecular weight is 310 g/mol. The smallest absolute Gasteiger partial charge is 0.372 e. The highest BCUT2D eigenvalue weighted by Crippen LogP contribution is 2.32. The molecule has 0 bridgehead atoms. The highest BCUT2D eigenvalue weighted by Gasteiger charge is 2.26. The average Bonchev–Trinajstić information content (AvgIpc) is 2.97. The van der Waals surface area contributed by atoms with Crippen LogP contribution in [-0.2, 0) is 4.74 Å². The van der Waals surface area contributed by atoms with Crippen molar-refractivity contribution < 1.29 is 14.4 Å². The van der Waals surface area contributed by atoms with E-state index in [0.717, 1.165) is 32.3 Å². The lowest BCUT2D eigenvalue weighted by molar-refractivity contribution is -0.385. The van der Waals surface area contributed by atoms with E-state index < -0.39 is 4.92 Å². The van der Waals surface area contributed by atoms with E-state index in [9.17, 15) is 10.1 Å². The van der Waals surface area contributed by atoms with Crippen molar-refractivity contribution in [1.29, 1.82) is 0 Å². The highest BCUT2D eigenvalue weighted by atomic mass is 16.6. The molecule has 0 aliphatic carbocycles. The van der Waals surface area contributed by atoms with Crippen LogP contribution in [0.15, 0.2) is 0 Å². The molecule has 1 aliphatic heterocycles. The zero-order valence-corrected chi connectivity index (χ0v) is 13.0. The summed E-state index contributed by atoms with van der Waals surface area (Å²) in [6, 6.07) is 0. The maximum absolute atomic E-state index is 11.4. The molecule has 1 saturated heterocycles. The van der Waals surface area contributed by atoms with Crippen LogP contribution in [0.3, 0.4) is 0 Å². The Morgan fingerprint density at radius 3 is 2.95 bits per heavy atom. The van der Waals surface area contributed by atoms with Crippen LogP contribution in [0, 0.1) is 17.0 Å². The van der Waals surface area contributed by atoms with Crippen molar-refractivity contribution in [3.8, 4) is 5.88 Å². The molecule has 1 aromatic heterocycles. The fraction of sp³-hybridized carbons (Fsp3) is 0.714. The third-order valence-corrected chi connectivity index (χ3v) is 3.40. The van der Waals surface area contributed by atoms with E-state index in [0.29, 0.717) is 19.0 Å². The van der Waals surface area contributed by atoms with Crippen molar-refractivity contribution in [2.24, 2.45) is 0 Å². The molecule has 0 radical (unpaired) electrons. The van der Waals surface area contributed by atoms with Crippen molar-refractivity contribution in [2.75, 3.05) is 25.1 Å². The number of hydrogen-bond donors (Lipinski definition) is 1. The fourth-order valence-electron chi connectivity index (χ4n) is 2.26. The van der Waals surface area contributed by atoms with Crippen molar-refractivity contribution in [1.82, 2.24) is 9.97 Å². The summed E-state index contributed by atoms with van der Waals surface area (Å²) in [5.74, 6) is 0.659. The molecule has 2 heterocycles. The normalized spacial score (nSPS) is 17.5. The van der Waals surface area contributed by atoms with E-state index in [2.05, 4.69) is 15.3 Å². The highest BCUT2D eigenvalue weighted by molar-refractivity contribution is 5.61. The molecule has 1 unspecified atom stereocenters. The zero-order chi connectivity index (χ0) is 15.9. The van der Waals surface area contributed by atoms with Crippen LogP contribution in [0.2, 0.25) is 0 Å². The first-order valence-electron chi connectivity index (χ1n) is 7.63. The third kappa shape index (κ3) is 4.27. The van der Waals surface area contributed by atoms with Gasteiger partial charge in [0.25, 0.3) is 5.88 Å². The lowest BCUT2D eigenvalue weighted by Gasteiger charge is -2.13. The Hall–Kier alpha value is -1.96. The summed E-state index contributed by atoms with van der Waals surface area (Å²) >= 11 is 0. The number of nitro groups is 1. The summed E-state index contributed by atoms with van der Waals surface area (Å²) in [5, 5.41) is 14.4. The SMILES string of the molecule is CCCCOc1nc(C)nc(NCC2CCCO2)c1[N+](=O)[O-]. The van der Waals surface area contributed by atoms with Gasteiger partial charge in [-0.25, -0.2) is 4.98 Å². The number of nitrogens with one attached hydrogen (secondary N) is 1. The topological polar surface area (TPSA) is 99.4 Å². The molecular formula is C14H22N4O4. The van der Waals surface area contributed by atoms with Crippen LogP contribution in [0.4, 0.5) is 11.5 Å². The van der Waals surface area contributed by atoms with E-state index >= 15 is 0 Å². The second kappa shape index (κ2) is 7.88. The number of aromatic nitrogens is 2. The van der Waals surface area contributed by atoms with Gasteiger partial charge in [0.05, 0.1) is 17.6 Å². The second-order valence-electron chi connectivity index (χ2n) is 5.25. The minimum atomic E-state index is -0.501. The number of anilines is 1. The van der Waals surface area contributed by atoms with E-state index in [-0.39, 0.29) is 23.5 Å². The van der Waals surface area contributed by atoms with Crippen LogP contribution in [0.1, 0.15) is 38.4 Å². The maximum Gasteiger partial charge on any atom is 0.372 e. The Labute approximate surface area is 129 Å². The van der Waals surface area contributed by atoms with Gasteiger partial charge < -0.3 is 14.8 Å². The molecule has 8 nitrogen and oxygen atoms in total. The van der Waals surface area contributed by atoms with Crippen molar-refractivity contribution in [3.63, 3.8) is 0 Å². The Morgan fingerprint density at radius 2 is 2.32 bits per heavy atom. The lowest BCUT2D eigenvalue weighted by Crippen LogP contribution is -2.20. The number of aryl methyl sites for hydroxylation is 1. The summed E-state index contributed by atoms with van der Waals surface area (Å²) in [6.07, 6.45) is 3.80. The number of hydrogen-bond acceptors (Lipinski definition) is 7. The van der Waals surface area contributed by atoms with Gasteiger partial charge in [-0.2, -0.15) is 4.98 Å². The van der Waals surface area contributed by atoms with Crippen LogP contribution < -0.4 is 10.1 Å². The van der Waals surface area contributed by atoms with Gasteiger partial charge in [0.2, 0.25) is 5.82 Å². The second-order valence-corrected chi connectivity index (χ2v) is 5.25. The summed E-state index contributed by atoms with van der Waals surface area (Å²) in [5.41, 5.74) is -0.209. The Morgan fingerprint density at radius 1 is 1.50 bits per heavy atom. The predicted molar refractivity (Wildman–Crippen MR) is 81.3 cm³/mol. The molecule has 0 spiro atoms. The minimum absolute atomic E-state index is 0.0285. The van der Waals surface area contributed by atoms with Crippen LogP contribution in [0.25, 0.3) is 0 Å². The number of nitrogens with zero attached hydrogens (tertiary/aromatic N) is 3. The molecule has 1 aliphatic rings. The molecule has 1 fully saturated rings. The third-order valence-electron chi connectivity index (χ3n) is 3.40. The van der Waals surface area contributed by atoms with Gasteiger partial charge in [0, 0.05) is 13.2 Å². The minimum Gasteiger partial charge on any atom is -0.473 e. The fourth-order valence-corrected chi connectivity index (χ4v) is 2.26. The molecule has 1 atom stereocenters. The Kier molecular flexibility index (Phi) is 5.88. The largest absolute Gasteiger partial charge is 0.473 e. The standard InChI is InChI=1S/C14H22N4O4/c1-3-4-7-22-14-12(18(19)20)13(16-10(2)17-14)15-9-11-6-5-8-21-11/h11H,3-9H2,1-2H3,(H,15,16,17). The molecule has 122 valence electrons. The molecule has 0 amide bonds. The molecule has 2 rings (SSSR count). The Bertz CT molecular complexity index is 518. The molecule has 22 heavy (non-hydrogen) atoms. The summed E-state index contributed by atoms with van der Waals surface area (Å²) in [4.78, 5) is 19.1. The monoisotopic (exact) mass is 310 g/mol. The summed E-state index contributed by atoms with van der Waals surface area (Å²) < 4.78 is 11.0. The van der Waals surface area contributed by atoms with Crippen molar-refractivity contribution in [2.45, 2.75) is 45.6 Å². The van der Waals surface area contributed by atoms with Gasteiger partial charge in [-0.05, 0) is 26.2 Å². The van der Waals surface area contributed by atoms with E-state index in [1.165, 1.54) is 0 Å². The number of unbranched alkanes of at least 4 members (excludes halogenated alkanes) is 1. The van der Waals surface area contributed by atoms with Gasteiger partial charge in [-0.3, -0.25) is 10.1 Å². The van der Waals surface area contributed by atoms with Gasteiger partial charge in [0.1, 0.15) is 5.82 Å². The van der Waals surface area contributed by atoms with E-state index in [1.54, 1.807) is 6.92 Å². The van der Waals surface area contributed by atoms with Gasteiger partial charge in [-0.1, -0.05) is 13.3 Å². The van der Waals surface area contributed by atoms with E-state index in [1.807, 2.05) is 6.92 Å². The number of rotatable bonds is 8. The Balaban J connectivity index is 2.16. The van der Waals surface area contributed by atoms with Gasteiger partial charge in [-0.15, -0.1) is 0 Å². The van der Waals surface area contributed by atoms with Crippen molar-refractivity contribution >= 4 is 11.5 Å². The first kappa shape index (κ1) is 16.4. The molecule has 1 N–H and O–H groups in total. The molecule has 1 aromatic rings. The van der Waals surface area contributed by atoms with Crippen LogP contribution in [-0.4, -0.2) is 40.8 Å². The lowest BCUT2D eigenvalue weighted by atomic mass is 10.2. The van der Waals surface area contributed by atoms with Crippen LogP contribution >= 0.6 is 0 Å². The first-order valence-corrected chi connectivity index (χ1v) is 7.63. The van der Waals surface area contributed by atoms with E-state index in [4.69, 9.17) is 9.47 Å². The molecule has 0 aromatic carbocycles. The van der Waals surface area contributed by atoms with Gasteiger partial charge >= 0.3 is 5.69 Å². The molecule has 0 saturated carbocycles.